The maximum atomic E-state index is 11.7. The van der Waals surface area contributed by atoms with Crippen LogP contribution in [0.25, 0.3) is 0 Å². The van der Waals surface area contributed by atoms with Gasteiger partial charge in [-0.3, -0.25) is 9.48 Å². The van der Waals surface area contributed by atoms with Crippen LogP contribution in [-0.2, 0) is 18.4 Å². The van der Waals surface area contributed by atoms with Gasteiger partial charge in [-0.2, -0.15) is 5.10 Å². The SMILES string of the molecule is Cc1cc(CN2CC(CCl)CC2=O)n(C)n1. The maximum absolute atomic E-state index is 11.7. The minimum absolute atomic E-state index is 0.199. The van der Waals surface area contributed by atoms with Crippen molar-refractivity contribution in [2.75, 3.05) is 12.4 Å². The van der Waals surface area contributed by atoms with E-state index in [1.165, 1.54) is 0 Å². The Balaban J connectivity index is 2.05. The molecule has 0 aromatic carbocycles. The molecule has 1 aliphatic rings. The molecule has 1 aliphatic heterocycles. The summed E-state index contributed by atoms with van der Waals surface area (Å²) in [5.74, 6) is 1.07. The molecule has 0 aliphatic carbocycles. The van der Waals surface area contributed by atoms with E-state index in [1.807, 2.05) is 29.6 Å². The summed E-state index contributed by atoms with van der Waals surface area (Å²) >= 11 is 5.78. The van der Waals surface area contributed by atoms with Crippen LogP contribution in [0.2, 0.25) is 0 Å². The summed E-state index contributed by atoms with van der Waals surface area (Å²) in [6.45, 7) is 3.37. The molecule has 1 fully saturated rings. The molecule has 0 radical (unpaired) electrons. The van der Waals surface area contributed by atoms with Crippen molar-refractivity contribution >= 4 is 17.5 Å². The van der Waals surface area contributed by atoms with Crippen LogP contribution in [0.3, 0.4) is 0 Å². The molecule has 1 aromatic rings. The van der Waals surface area contributed by atoms with Crippen LogP contribution in [0, 0.1) is 12.8 Å². The van der Waals surface area contributed by atoms with Gasteiger partial charge in [0.2, 0.25) is 5.91 Å². The van der Waals surface area contributed by atoms with Gasteiger partial charge in [-0.15, -0.1) is 11.6 Å². The third kappa shape index (κ3) is 2.21. The zero-order valence-electron chi connectivity index (χ0n) is 9.61. The third-order valence-electron chi connectivity index (χ3n) is 2.96. The van der Waals surface area contributed by atoms with E-state index in [9.17, 15) is 4.79 Å². The van der Waals surface area contributed by atoms with E-state index in [2.05, 4.69) is 5.10 Å². The van der Waals surface area contributed by atoms with Crippen molar-refractivity contribution in [3.8, 4) is 0 Å². The highest BCUT2D eigenvalue weighted by atomic mass is 35.5. The summed E-state index contributed by atoms with van der Waals surface area (Å²) in [6.07, 6.45) is 0.584. The van der Waals surface area contributed by atoms with E-state index < -0.39 is 0 Å². The molecular weight excluding hydrogens is 226 g/mol. The second-order valence-corrected chi connectivity index (χ2v) is 4.71. The van der Waals surface area contributed by atoms with E-state index in [-0.39, 0.29) is 5.91 Å². The molecule has 4 nitrogen and oxygen atoms in total. The molecule has 0 spiro atoms. The summed E-state index contributed by atoms with van der Waals surface area (Å²) < 4.78 is 1.83. The van der Waals surface area contributed by atoms with Gasteiger partial charge in [0.25, 0.3) is 0 Å². The van der Waals surface area contributed by atoms with E-state index >= 15 is 0 Å². The first-order chi connectivity index (χ1) is 7.60. The van der Waals surface area contributed by atoms with Crippen molar-refractivity contribution in [2.24, 2.45) is 13.0 Å². The number of carbonyl (C=O) groups excluding carboxylic acids is 1. The minimum atomic E-state index is 0.199. The van der Waals surface area contributed by atoms with Crippen molar-refractivity contribution in [2.45, 2.75) is 19.9 Å². The quantitative estimate of drug-likeness (QED) is 0.749. The average Bonchev–Trinajstić information content (AvgIpc) is 2.72. The van der Waals surface area contributed by atoms with Gasteiger partial charge in [0.05, 0.1) is 17.9 Å². The number of rotatable bonds is 3. The Morgan fingerprint density at radius 2 is 2.38 bits per heavy atom. The predicted octanol–water partition coefficient (Wildman–Crippen LogP) is 1.32. The standard InChI is InChI=1S/C11H16ClN3O/c1-8-3-10(14(2)13-8)7-15-6-9(5-12)4-11(15)16/h3,9H,4-7H2,1-2H3. The lowest BCUT2D eigenvalue weighted by Gasteiger charge is -2.15. The van der Waals surface area contributed by atoms with Crippen LogP contribution in [0.4, 0.5) is 0 Å². The lowest BCUT2D eigenvalue weighted by atomic mass is 10.1. The van der Waals surface area contributed by atoms with E-state index in [1.54, 1.807) is 0 Å². The molecular formula is C11H16ClN3O. The van der Waals surface area contributed by atoms with Crippen LogP contribution >= 0.6 is 11.6 Å². The second kappa shape index (κ2) is 4.45. The van der Waals surface area contributed by atoms with Crippen molar-refractivity contribution < 1.29 is 4.79 Å². The molecule has 0 saturated carbocycles. The topological polar surface area (TPSA) is 38.1 Å². The molecule has 2 rings (SSSR count). The van der Waals surface area contributed by atoms with Crippen LogP contribution < -0.4 is 0 Å². The van der Waals surface area contributed by atoms with Crippen molar-refractivity contribution in [3.63, 3.8) is 0 Å². The Bertz CT molecular complexity index is 402. The van der Waals surface area contributed by atoms with Crippen molar-refractivity contribution in [1.82, 2.24) is 14.7 Å². The van der Waals surface area contributed by atoms with E-state index in [0.717, 1.165) is 17.9 Å². The molecule has 88 valence electrons. The van der Waals surface area contributed by atoms with Crippen molar-refractivity contribution in [1.29, 1.82) is 0 Å². The molecule has 16 heavy (non-hydrogen) atoms. The van der Waals surface area contributed by atoms with Gasteiger partial charge in [-0.25, -0.2) is 0 Å². The molecule has 2 heterocycles. The molecule has 5 heteroatoms. The Hall–Kier alpha value is -1.03. The first-order valence-electron chi connectivity index (χ1n) is 5.43. The third-order valence-corrected chi connectivity index (χ3v) is 3.40. The van der Waals surface area contributed by atoms with Gasteiger partial charge in [0, 0.05) is 25.9 Å². The highest BCUT2D eigenvalue weighted by Gasteiger charge is 2.29. The van der Waals surface area contributed by atoms with Gasteiger partial charge in [-0.05, 0) is 18.9 Å². The number of nitrogens with zero attached hydrogens (tertiary/aromatic N) is 3. The largest absolute Gasteiger partial charge is 0.336 e. The number of halogens is 1. The predicted molar refractivity (Wildman–Crippen MR) is 62.2 cm³/mol. The first-order valence-corrected chi connectivity index (χ1v) is 5.97. The molecule has 0 bridgehead atoms. The fraction of sp³-hybridized carbons (Fsp3) is 0.636. The Kier molecular flexibility index (Phi) is 3.19. The number of hydrogen-bond acceptors (Lipinski definition) is 2. The summed E-state index contributed by atoms with van der Waals surface area (Å²) in [5, 5.41) is 4.27. The first kappa shape index (κ1) is 11.5. The molecule has 1 unspecified atom stereocenters. The van der Waals surface area contributed by atoms with Crippen LogP contribution in [0.15, 0.2) is 6.07 Å². The van der Waals surface area contributed by atoms with Gasteiger partial charge in [0.1, 0.15) is 0 Å². The normalized spacial score (nSPS) is 20.8. The average molecular weight is 242 g/mol. The zero-order valence-corrected chi connectivity index (χ0v) is 10.4. The fourth-order valence-electron chi connectivity index (χ4n) is 2.12. The lowest BCUT2D eigenvalue weighted by Crippen LogP contribution is -2.25. The number of amides is 1. The molecule has 0 N–H and O–H groups in total. The molecule has 1 amide bonds. The summed E-state index contributed by atoms with van der Waals surface area (Å²) in [6, 6.07) is 2.02. The Morgan fingerprint density at radius 3 is 2.88 bits per heavy atom. The number of hydrogen-bond donors (Lipinski definition) is 0. The minimum Gasteiger partial charge on any atom is -0.336 e. The van der Waals surface area contributed by atoms with Gasteiger partial charge in [-0.1, -0.05) is 0 Å². The van der Waals surface area contributed by atoms with Crippen LogP contribution in [0.5, 0.6) is 0 Å². The lowest BCUT2D eigenvalue weighted by molar-refractivity contribution is -0.128. The number of aryl methyl sites for hydroxylation is 2. The smallest absolute Gasteiger partial charge is 0.223 e. The fourth-order valence-corrected chi connectivity index (χ4v) is 2.32. The molecule has 1 aromatic heterocycles. The van der Waals surface area contributed by atoms with Crippen molar-refractivity contribution in [3.05, 3.63) is 17.5 Å². The highest BCUT2D eigenvalue weighted by Crippen LogP contribution is 2.21. The maximum Gasteiger partial charge on any atom is 0.223 e. The van der Waals surface area contributed by atoms with Gasteiger partial charge >= 0.3 is 0 Å². The summed E-state index contributed by atoms with van der Waals surface area (Å²) in [7, 11) is 1.90. The van der Waals surface area contributed by atoms with Crippen LogP contribution in [0.1, 0.15) is 17.8 Å². The number of carbonyl (C=O) groups is 1. The van der Waals surface area contributed by atoms with E-state index in [0.29, 0.717) is 24.8 Å². The van der Waals surface area contributed by atoms with Crippen LogP contribution in [-0.4, -0.2) is 33.0 Å². The highest BCUT2D eigenvalue weighted by molar-refractivity contribution is 6.18. The number of aromatic nitrogens is 2. The van der Waals surface area contributed by atoms with Gasteiger partial charge < -0.3 is 4.90 Å². The summed E-state index contributed by atoms with van der Waals surface area (Å²) in [4.78, 5) is 13.6. The number of likely N-dealkylation sites (tertiary alicyclic amines) is 1. The molecule has 1 atom stereocenters. The second-order valence-electron chi connectivity index (χ2n) is 4.40. The monoisotopic (exact) mass is 241 g/mol. The zero-order chi connectivity index (χ0) is 11.7. The van der Waals surface area contributed by atoms with E-state index in [4.69, 9.17) is 11.6 Å². The Labute approximate surface area is 100 Å². The Morgan fingerprint density at radius 1 is 1.62 bits per heavy atom. The number of alkyl halides is 1. The van der Waals surface area contributed by atoms with Gasteiger partial charge in [0.15, 0.2) is 0 Å². The molecule has 1 saturated heterocycles. The summed E-state index contributed by atoms with van der Waals surface area (Å²) in [5.41, 5.74) is 2.05.